The Morgan fingerprint density at radius 1 is 1.44 bits per heavy atom. The van der Waals surface area contributed by atoms with Crippen LogP contribution in [0.25, 0.3) is 0 Å². The van der Waals surface area contributed by atoms with Crippen LogP contribution >= 0.6 is 0 Å². The Balaban J connectivity index is 2.54. The number of likely N-dealkylation sites (N-methyl/N-ethyl adjacent to an activating group) is 1. The van der Waals surface area contributed by atoms with Gasteiger partial charge in [0.2, 0.25) is 0 Å². The minimum Gasteiger partial charge on any atom is -0.383 e. The summed E-state index contributed by atoms with van der Waals surface area (Å²) in [5.41, 5.74) is 0.333. The zero-order valence-corrected chi connectivity index (χ0v) is 11.8. The van der Waals surface area contributed by atoms with E-state index in [0.717, 1.165) is 13.2 Å². The molecule has 0 saturated carbocycles. The van der Waals surface area contributed by atoms with Crippen LogP contribution in [0.3, 0.4) is 0 Å². The van der Waals surface area contributed by atoms with Gasteiger partial charge in [0.25, 0.3) is 0 Å². The van der Waals surface area contributed by atoms with Crippen LogP contribution in [-0.2, 0) is 4.74 Å². The summed E-state index contributed by atoms with van der Waals surface area (Å²) >= 11 is 0. The van der Waals surface area contributed by atoms with Crippen LogP contribution in [0.4, 0.5) is 0 Å². The first-order chi connectivity index (χ1) is 7.38. The van der Waals surface area contributed by atoms with Gasteiger partial charge in [-0.15, -0.1) is 0 Å². The van der Waals surface area contributed by atoms with Crippen molar-refractivity contribution < 1.29 is 4.74 Å². The van der Waals surface area contributed by atoms with Crippen LogP contribution in [0.1, 0.15) is 34.1 Å². The average molecular weight is 228 g/mol. The van der Waals surface area contributed by atoms with E-state index in [0.29, 0.717) is 17.6 Å². The molecule has 1 rings (SSSR count). The molecule has 1 aliphatic rings. The Kier molecular flexibility index (Phi) is 4.77. The van der Waals surface area contributed by atoms with Gasteiger partial charge in [-0.05, 0) is 41.2 Å². The second-order valence-corrected chi connectivity index (χ2v) is 5.89. The third-order valence-electron chi connectivity index (χ3n) is 3.81. The molecule has 1 heterocycles. The van der Waals surface area contributed by atoms with Crippen molar-refractivity contribution in [1.82, 2.24) is 9.80 Å². The number of likely N-dealkylation sites (tertiary alicyclic amines) is 1. The number of nitrogens with zero attached hydrogens (tertiary/aromatic N) is 2. The molecule has 0 radical (unpaired) electrons. The molecule has 96 valence electrons. The predicted molar refractivity (Wildman–Crippen MR) is 68.8 cm³/mol. The maximum absolute atomic E-state index is 5.14. The standard InChI is InChI=1S/C13H28N2O/c1-11(2)15-10-12(9-13(15,3)4)14(5)7-8-16-6/h11-12H,7-10H2,1-6H3/t12-/m0/s1. The van der Waals surface area contributed by atoms with E-state index >= 15 is 0 Å². The van der Waals surface area contributed by atoms with Crippen molar-refractivity contribution in [2.24, 2.45) is 0 Å². The molecule has 0 aromatic rings. The highest BCUT2D eigenvalue weighted by atomic mass is 16.5. The molecule has 0 aromatic carbocycles. The van der Waals surface area contributed by atoms with Crippen LogP contribution in [0.15, 0.2) is 0 Å². The van der Waals surface area contributed by atoms with Crippen LogP contribution in [0, 0.1) is 0 Å². The maximum atomic E-state index is 5.14. The minimum atomic E-state index is 0.333. The number of hydrogen-bond donors (Lipinski definition) is 0. The number of methoxy groups -OCH3 is 1. The molecular weight excluding hydrogens is 200 g/mol. The monoisotopic (exact) mass is 228 g/mol. The van der Waals surface area contributed by atoms with Gasteiger partial charge in [0.15, 0.2) is 0 Å². The molecule has 3 nitrogen and oxygen atoms in total. The van der Waals surface area contributed by atoms with Gasteiger partial charge in [0.05, 0.1) is 6.61 Å². The summed E-state index contributed by atoms with van der Waals surface area (Å²) < 4.78 is 5.14. The molecule has 0 spiro atoms. The van der Waals surface area contributed by atoms with Crippen molar-refractivity contribution in [1.29, 1.82) is 0 Å². The molecule has 0 amide bonds. The molecule has 1 fully saturated rings. The fraction of sp³-hybridized carbons (Fsp3) is 1.00. The lowest BCUT2D eigenvalue weighted by Gasteiger charge is -2.34. The molecule has 0 aromatic heterocycles. The van der Waals surface area contributed by atoms with Gasteiger partial charge in [-0.1, -0.05) is 0 Å². The fourth-order valence-electron chi connectivity index (χ4n) is 2.86. The summed E-state index contributed by atoms with van der Waals surface area (Å²) in [7, 11) is 3.98. The van der Waals surface area contributed by atoms with E-state index in [1.165, 1.54) is 13.0 Å². The van der Waals surface area contributed by atoms with Crippen LogP contribution in [0.5, 0.6) is 0 Å². The van der Waals surface area contributed by atoms with Crippen molar-refractivity contribution >= 4 is 0 Å². The quantitative estimate of drug-likeness (QED) is 0.714. The third-order valence-corrected chi connectivity index (χ3v) is 3.81. The van der Waals surface area contributed by atoms with E-state index in [9.17, 15) is 0 Å². The molecule has 0 N–H and O–H groups in total. The Labute approximate surface area is 101 Å². The molecule has 1 aliphatic heterocycles. The molecule has 1 saturated heterocycles. The van der Waals surface area contributed by atoms with Gasteiger partial charge >= 0.3 is 0 Å². The van der Waals surface area contributed by atoms with Gasteiger partial charge < -0.3 is 4.74 Å². The molecule has 0 bridgehead atoms. The van der Waals surface area contributed by atoms with E-state index in [1.54, 1.807) is 7.11 Å². The summed E-state index contributed by atoms with van der Waals surface area (Å²) in [6.07, 6.45) is 1.26. The van der Waals surface area contributed by atoms with E-state index in [-0.39, 0.29) is 0 Å². The largest absolute Gasteiger partial charge is 0.383 e. The number of rotatable bonds is 5. The molecule has 3 heteroatoms. The molecule has 0 unspecified atom stereocenters. The summed E-state index contributed by atoms with van der Waals surface area (Å²) in [4.78, 5) is 5.05. The van der Waals surface area contributed by atoms with Crippen molar-refractivity contribution in [2.75, 3.05) is 33.9 Å². The lowest BCUT2D eigenvalue weighted by atomic mass is 9.99. The Morgan fingerprint density at radius 3 is 2.50 bits per heavy atom. The number of hydrogen-bond acceptors (Lipinski definition) is 3. The van der Waals surface area contributed by atoms with E-state index in [1.807, 2.05) is 0 Å². The Bertz CT molecular complexity index is 216. The summed E-state index contributed by atoms with van der Waals surface area (Å²) in [6.45, 7) is 12.3. The van der Waals surface area contributed by atoms with Gasteiger partial charge in [-0.25, -0.2) is 0 Å². The predicted octanol–water partition coefficient (Wildman–Crippen LogP) is 1.83. The Morgan fingerprint density at radius 2 is 2.06 bits per heavy atom. The Hall–Kier alpha value is -0.120. The highest BCUT2D eigenvalue weighted by molar-refractivity contribution is 4.97. The summed E-state index contributed by atoms with van der Waals surface area (Å²) in [5.74, 6) is 0. The first-order valence-corrected chi connectivity index (χ1v) is 6.34. The first kappa shape index (κ1) is 13.9. The highest BCUT2D eigenvalue weighted by Gasteiger charge is 2.40. The first-order valence-electron chi connectivity index (χ1n) is 6.34. The lowest BCUT2D eigenvalue weighted by Crippen LogP contribution is -2.43. The minimum absolute atomic E-state index is 0.333. The van der Waals surface area contributed by atoms with Crippen molar-refractivity contribution in [3.8, 4) is 0 Å². The van der Waals surface area contributed by atoms with E-state index in [2.05, 4.69) is 44.5 Å². The van der Waals surface area contributed by atoms with Gasteiger partial charge in [0, 0.05) is 37.8 Å². The van der Waals surface area contributed by atoms with Gasteiger partial charge in [-0.3, -0.25) is 9.80 Å². The average Bonchev–Trinajstić information content (AvgIpc) is 2.50. The molecular formula is C13H28N2O. The topological polar surface area (TPSA) is 15.7 Å². The normalized spacial score (nSPS) is 25.9. The third kappa shape index (κ3) is 3.19. The fourth-order valence-corrected chi connectivity index (χ4v) is 2.86. The second-order valence-electron chi connectivity index (χ2n) is 5.89. The summed E-state index contributed by atoms with van der Waals surface area (Å²) in [5, 5.41) is 0. The molecule has 16 heavy (non-hydrogen) atoms. The zero-order valence-electron chi connectivity index (χ0n) is 11.8. The van der Waals surface area contributed by atoms with Gasteiger partial charge in [-0.2, -0.15) is 0 Å². The molecule has 1 atom stereocenters. The van der Waals surface area contributed by atoms with Crippen LogP contribution in [-0.4, -0.2) is 61.3 Å². The SMILES string of the molecule is COCCN(C)[C@@H]1CN(C(C)C)C(C)(C)C1. The van der Waals surface area contributed by atoms with Gasteiger partial charge in [0.1, 0.15) is 0 Å². The van der Waals surface area contributed by atoms with E-state index < -0.39 is 0 Å². The van der Waals surface area contributed by atoms with Crippen molar-refractivity contribution in [2.45, 2.75) is 51.7 Å². The second kappa shape index (κ2) is 5.48. The lowest BCUT2D eigenvalue weighted by molar-refractivity contribution is 0.126. The van der Waals surface area contributed by atoms with Crippen LogP contribution in [0.2, 0.25) is 0 Å². The summed E-state index contributed by atoms with van der Waals surface area (Å²) in [6, 6.07) is 1.31. The molecule has 0 aliphatic carbocycles. The zero-order chi connectivity index (χ0) is 12.3. The maximum Gasteiger partial charge on any atom is 0.0589 e. The van der Waals surface area contributed by atoms with Crippen molar-refractivity contribution in [3.05, 3.63) is 0 Å². The van der Waals surface area contributed by atoms with Crippen LogP contribution < -0.4 is 0 Å². The van der Waals surface area contributed by atoms with E-state index in [4.69, 9.17) is 4.74 Å². The number of ether oxygens (including phenoxy) is 1. The van der Waals surface area contributed by atoms with Crippen molar-refractivity contribution in [3.63, 3.8) is 0 Å². The smallest absolute Gasteiger partial charge is 0.0589 e. The highest BCUT2D eigenvalue weighted by Crippen LogP contribution is 2.32.